The van der Waals surface area contributed by atoms with Crippen molar-refractivity contribution in [1.82, 2.24) is 9.78 Å². The van der Waals surface area contributed by atoms with E-state index >= 15 is 0 Å². The number of aromatic nitrogens is 2. The SMILES string of the molecule is CC(C)c1ccc(S(=O)(=O)Nc2nn(Cc3ccccc3Cl)cc2Br)cc1. The highest BCUT2D eigenvalue weighted by molar-refractivity contribution is 9.10. The van der Waals surface area contributed by atoms with Gasteiger partial charge in [-0.2, -0.15) is 5.10 Å². The van der Waals surface area contributed by atoms with Crippen molar-refractivity contribution in [2.75, 3.05) is 4.72 Å². The summed E-state index contributed by atoms with van der Waals surface area (Å²) in [7, 11) is -3.73. The summed E-state index contributed by atoms with van der Waals surface area (Å²) in [5.74, 6) is 0.569. The molecule has 1 N–H and O–H groups in total. The van der Waals surface area contributed by atoms with E-state index in [2.05, 4.69) is 39.6 Å². The quantitative estimate of drug-likeness (QED) is 0.536. The van der Waals surface area contributed by atoms with Gasteiger partial charge in [0.2, 0.25) is 0 Å². The Morgan fingerprint density at radius 1 is 1.15 bits per heavy atom. The highest BCUT2D eigenvalue weighted by Crippen LogP contribution is 2.25. The van der Waals surface area contributed by atoms with E-state index in [0.29, 0.717) is 22.0 Å². The molecule has 0 atom stereocenters. The molecule has 2 aromatic carbocycles. The average molecular weight is 469 g/mol. The summed E-state index contributed by atoms with van der Waals surface area (Å²) in [6, 6.07) is 14.3. The Morgan fingerprint density at radius 2 is 1.81 bits per heavy atom. The first-order valence-corrected chi connectivity index (χ1v) is 11.0. The lowest BCUT2D eigenvalue weighted by atomic mass is 10.0. The Balaban J connectivity index is 1.81. The van der Waals surface area contributed by atoms with Gasteiger partial charge in [0, 0.05) is 11.2 Å². The zero-order valence-electron chi connectivity index (χ0n) is 14.9. The summed E-state index contributed by atoms with van der Waals surface area (Å²) in [6.45, 7) is 4.55. The minimum absolute atomic E-state index is 0.194. The Hall–Kier alpha value is -1.83. The Kier molecular flexibility index (Phi) is 5.93. The number of nitrogens with zero attached hydrogens (tertiary/aromatic N) is 2. The first-order chi connectivity index (χ1) is 12.8. The van der Waals surface area contributed by atoms with Gasteiger partial charge in [-0.1, -0.05) is 55.8 Å². The largest absolute Gasteiger partial charge is 0.265 e. The summed E-state index contributed by atoms with van der Waals surface area (Å²) in [5.41, 5.74) is 1.98. The lowest BCUT2D eigenvalue weighted by molar-refractivity contribution is 0.600. The van der Waals surface area contributed by atoms with Crippen LogP contribution in [0.4, 0.5) is 5.82 Å². The third kappa shape index (κ3) is 4.72. The van der Waals surface area contributed by atoms with E-state index in [-0.39, 0.29) is 10.7 Å². The van der Waals surface area contributed by atoms with Crippen LogP contribution < -0.4 is 4.72 Å². The minimum atomic E-state index is -3.73. The fourth-order valence-corrected chi connectivity index (χ4v) is 4.33. The number of nitrogens with one attached hydrogen (secondary N) is 1. The molecule has 0 radical (unpaired) electrons. The van der Waals surface area contributed by atoms with Gasteiger partial charge in [-0.05, 0) is 51.2 Å². The number of rotatable bonds is 6. The maximum Gasteiger partial charge on any atom is 0.263 e. The van der Waals surface area contributed by atoms with Crippen molar-refractivity contribution in [2.45, 2.75) is 31.2 Å². The molecular formula is C19H19BrClN3O2S. The summed E-state index contributed by atoms with van der Waals surface area (Å²) in [6.07, 6.45) is 1.71. The third-order valence-electron chi connectivity index (χ3n) is 4.10. The fraction of sp³-hybridized carbons (Fsp3) is 0.211. The molecule has 0 unspecified atom stereocenters. The number of benzene rings is 2. The number of hydrogen-bond acceptors (Lipinski definition) is 3. The molecule has 5 nitrogen and oxygen atoms in total. The predicted molar refractivity (Wildman–Crippen MR) is 112 cm³/mol. The van der Waals surface area contributed by atoms with Crippen molar-refractivity contribution in [1.29, 1.82) is 0 Å². The van der Waals surface area contributed by atoms with Gasteiger partial charge >= 0.3 is 0 Å². The molecule has 3 aromatic rings. The van der Waals surface area contributed by atoms with Crippen LogP contribution in [0, 0.1) is 0 Å². The molecular weight excluding hydrogens is 450 g/mol. The van der Waals surface area contributed by atoms with Gasteiger partial charge < -0.3 is 0 Å². The second-order valence-electron chi connectivity index (χ2n) is 6.44. The van der Waals surface area contributed by atoms with Gasteiger partial charge in [0.05, 0.1) is 15.9 Å². The van der Waals surface area contributed by atoms with Crippen molar-refractivity contribution >= 4 is 43.4 Å². The lowest BCUT2D eigenvalue weighted by Crippen LogP contribution is -2.14. The van der Waals surface area contributed by atoms with Crippen LogP contribution in [-0.2, 0) is 16.6 Å². The van der Waals surface area contributed by atoms with E-state index in [1.165, 1.54) is 0 Å². The molecule has 27 heavy (non-hydrogen) atoms. The van der Waals surface area contributed by atoms with E-state index in [1.807, 2.05) is 30.3 Å². The van der Waals surface area contributed by atoms with Gasteiger partial charge in [0.25, 0.3) is 10.0 Å². The molecule has 0 fully saturated rings. The van der Waals surface area contributed by atoms with Gasteiger partial charge in [-0.25, -0.2) is 8.42 Å². The molecule has 0 aliphatic rings. The Bertz CT molecular complexity index is 1050. The summed E-state index contributed by atoms with van der Waals surface area (Å²) >= 11 is 9.54. The lowest BCUT2D eigenvalue weighted by Gasteiger charge is -2.09. The van der Waals surface area contributed by atoms with Gasteiger partial charge in [-0.15, -0.1) is 0 Å². The molecule has 0 saturated carbocycles. The number of hydrogen-bond donors (Lipinski definition) is 1. The van der Waals surface area contributed by atoms with E-state index in [1.54, 1.807) is 29.1 Å². The van der Waals surface area contributed by atoms with Crippen molar-refractivity contribution in [3.8, 4) is 0 Å². The number of halogens is 2. The minimum Gasteiger partial charge on any atom is -0.265 e. The molecule has 3 rings (SSSR count). The first-order valence-electron chi connectivity index (χ1n) is 8.35. The molecule has 142 valence electrons. The van der Waals surface area contributed by atoms with Crippen molar-refractivity contribution in [3.63, 3.8) is 0 Å². The first kappa shape index (κ1) is 19.9. The van der Waals surface area contributed by atoms with Crippen LogP contribution >= 0.6 is 27.5 Å². The number of anilines is 1. The molecule has 0 bridgehead atoms. The molecule has 0 aliphatic heterocycles. The summed E-state index contributed by atoms with van der Waals surface area (Å²) < 4.78 is 30.0. The zero-order valence-corrected chi connectivity index (χ0v) is 18.0. The molecule has 8 heteroatoms. The topological polar surface area (TPSA) is 64.0 Å². The van der Waals surface area contributed by atoms with Crippen LogP contribution in [0.1, 0.15) is 30.9 Å². The molecule has 0 aliphatic carbocycles. The van der Waals surface area contributed by atoms with Gasteiger partial charge in [0.15, 0.2) is 5.82 Å². The van der Waals surface area contributed by atoms with Crippen LogP contribution in [0.25, 0.3) is 0 Å². The van der Waals surface area contributed by atoms with Gasteiger partial charge in [-0.3, -0.25) is 9.40 Å². The van der Waals surface area contributed by atoms with Crippen LogP contribution in [0.15, 0.2) is 64.1 Å². The maximum atomic E-state index is 12.7. The average Bonchev–Trinajstić information content (AvgIpc) is 2.95. The highest BCUT2D eigenvalue weighted by atomic mass is 79.9. The molecule has 0 saturated heterocycles. The molecule has 1 heterocycles. The van der Waals surface area contributed by atoms with Gasteiger partial charge in [0.1, 0.15) is 0 Å². The maximum absolute atomic E-state index is 12.7. The van der Waals surface area contributed by atoms with Crippen LogP contribution in [0.2, 0.25) is 5.02 Å². The monoisotopic (exact) mass is 467 g/mol. The third-order valence-corrected chi connectivity index (χ3v) is 6.40. The fourth-order valence-electron chi connectivity index (χ4n) is 2.57. The summed E-state index contributed by atoms with van der Waals surface area (Å²) in [5, 5.41) is 4.96. The zero-order chi connectivity index (χ0) is 19.6. The van der Waals surface area contributed by atoms with Crippen LogP contribution in [0.3, 0.4) is 0 Å². The Labute approximate surface area is 172 Å². The number of sulfonamides is 1. The van der Waals surface area contributed by atoms with E-state index in [4.69, 9.17) is 11.6 Å². The van der Waals surface area contributed by atoms with Crippen LogP contribution in [-0.4, -0.2) is 18.2 Å². The second-order valence-corrected chi connectivity index (χ2v) is 9.39. The standard InChI is InChI=1S/C19H19BrClN3O2S/c1-13(2)14-7-9-16(10-8-14)27(25,26)23-19-17(20)12-24(22-19)11-15-5-3-4-6-18(15)21/h3-10,12-13H,11H2,1-2H3,(H,22,23). The summed E-state index contributed by atoms with van der Waals surface area (Å²) in [4.78, 5) is 0.194. The second kappa shape index (κ2) is 8.04. The van der Waals surface area contributed by atoms with Crippen molar-refractivity contribution < 1.29 is 8.42 Å². The molecule has 0 spiro atoms. The predicted octanol–water partition coefficient (Wildman–Crippen LogP) is 5.27. The van der Waals surface area contributed by atoms with Crippen LogP contribution in [0.5, 0.6) is 0 Å². The van der Waals surface area contributed by atoms with Crippen molar-refractivity contribution in [3.05, 3.63) is 75.4 Å². The normalized spacial score (nSPS) is 11.7. The van der Waals surface area contributed by atoms with E-state index in [9.17, 15) is 8.42 Å². The van der Waals surface area contributed by atoms with E-state index < -0.39 is 10.0 Å². The smallest absolute Gasteiger partial charge is 0.263 e. The molecule has 1 aromatic heterocycles. The van der Waals surface area contributed by atoms with Crippen molar-refractivity contribution in [2.24, 2.45) is 0 Å². The highest BCUT2D eigenvalue weighted by Gasteiger charge is 2.18. The Morgan fingerprint density at radius 3 is 2.44 bits per heavy atom. The molecule has 0 amide bonds. The van der Waals surface area contributed by atoms with E-state index in [0.717, 1.165) is 11.1 Å².